The number of nitriles is 1. The van der Waals surface area contributed by atoms with Crippen molar-refractivity contribution in [1.82, 2.24) is 15.2 Å². The second kappa shape index (κ2) is 10.3. The Morgan fingerprint density at radius 1 is 1.19 bits per heavy atom. The average molecular weight is 440 g/mol. The highest BCUT2D eigenvalue weighted by Crippen LogP contribution is 2.20. The minimum absolute atomic E-state index is 0.0113. The van der Waals surface area contributed by atoms with E-state index < -0.39 is 6.04 Å². The SMILES string of the molecule is CC[C@H](C)[C@H](NC(=O)c1ccc(Cl)cc1)C(=O)N1CCN(c2ncccc2C#N)CC1. The van der Waals surface area contributed by atoms with Crippen LogP contribution < -0.4 is 10.2 Å². The molecule has 1 aromatic heterocycles. The summed E-state index contributed by atoms with van der Waals surface area (Å²) < 4.78 is 0. The van der Waals surface area contributed by atoms with E-state index in [2.05, 4.69) is 16.4 Å². The van der Waals surface area contributed by atoms with Gasteiger partial charge in [-0.3, -0.25) is 9.59 Å². The molecule has 31 heavy (non-hydrogen) atoms. The Kier molecular flexibility index (Phi) is 7.48. The van der Waals surface area contributed by atoms with Gasteiger partial charge in [-0.25, -0.2) is 4.98 Å². The van der Waals surface area contributed by atoms with Gasteiger partial charge in [0.25, 0.3) is 5.91 Å². The predicted molar refractivity (Wildman–Crippen MR) is 120 cm³/mol. The molecule has 0 bridgehead atoms. The fourth-order valence-corrected chi connectivity index (χ4v) is 3.71. The summed E-state index contributed by atoms with van der Waals surface area (Å²) in [5.74, 6) is 0.258. The Bertz CT molecular complexity index is 965. The molecule has 0 unspecified atom stereocenters. The first-order chi connectivity index (χ1) is 14.9. The predicted octanol–water partition coefficient (Wildman–Crippen LogP) is 3.10. The van der Waals surface area contributed by atoms with Crippen molar-refractivity contribution in [3.8, 4) is 6.07 Å². The van der Waals surface area contributed by atoms with Crippen molar-refractivity contribution < 1.29 is 9.59 Å². The van der Waals surface area contributed by atoms with Gasteiger partial charge in [-0.1, -0.05) is 31.9 Å². The summed E-state index contributed by atoms with van der Waals surface area (Å²) >= 11 is 5.90. The van der Waals surface area contributed by atoms with Crippen LogP contribution in [-0.2, 0) is 4.79 Å². The first-order valence-electron chi connectivity index (χ1n) is 10.4. The van der Waals surface area contributed by atoms with Crippen LogP contribution in [0, 0.1) is 17.2 Å². The van der Waals surface area contributed by atoms with Crippen LogP contribution in [0.15, 0.2) is 42.6 Å². The largest absolute Gasteiger partial charge is 0.352 e. The topological polar surface area (TPSA) is 89.3 Å². The molecule has 1 N–H and O–H groups in total. The van der Waals surface area contributed by atoms with Gasteiger partial charge in [0, 0.05) is 43.0 Å². The molecule has 0 spiro atoms. The third-order valence-electron chi connectivity index (χ3n) is 5.67. The van der Waals surface area contributed by atoms with E-state index in [1.807, 2.05) is 18.7 Å². The first kappa shape index (κ1) is 22.6. The van der Waals surface area contributed by atoms with Crippen LogP contribution in [0.3, 0.4) is 0 Å². The number of nitrogens with one attached hydrogen (secondary N) is 1. The van der Waals surface area contributed by atoms with Gasteiger partial charge in [0.2, 0.25) is 5.91 Å². The van der Waals surface area contributed by atoms with Crippen LogP contribution in [0.2, 0.25) is 5.02 Å². The standard InChI is InChI=1S/C23H26ClN5O2/c1-3-16(2)20(27-22(30)17-6-8-19(24)9-7-17)23(31)29-13-11-28(12-14-29)21-18(15-25)5-4-10-26-21/h4-10,16,20H,3,11-14H2,1-2H3,(H,27,30)/t16-,20-/m0/s1. The summed E-state index contributed by atoms with van der Waals surface area (Å²) in [6.45, 7) is 6.13. The van der Waals surface area contributed by atoms with Crippen molar-refractivity contribution in [2.24, 2.45) is 5.92 Å². The van der Waals surface area contributed by atoms with Gasteiger partial charge in [-0.2, -0.15) is 5.26 Å². The van der Waals surface area contributed by atoms with Gasteiger partial charge >= 0.3 is 0 Å². The lowest BCUT2D eigenvalue weighted by Gasteiger charge is -2.38. The van der Waals surface area contributed by atoms with Crippen molar-refractivity contribution in [3.63, 3.8) is 0 Å². The lowest BCUT2D eigenvalue weighted by atomic mass is 9.97. The summed E-state index contributed by atoms with van der Waals surface area (Å²) in [7, 11) is 0. The zero-order chi connectivity index (χ0) is 22.4. The fraction of sp³-hybridized carbons (Fsp3) is 0.391. The number of nitrogens with zero attached hydrogens (tertiary/aromatic N) is 4. The molecule has 0 saturated carbocycles. The maximum Gasteiger partial charge on any atom is 0.251 e. The summed E-state index contributed by atoms with van der Waals surface area (Å²) in [6, 6.07) is 11.6. The van der Waals surface area contributed by atoms with Crippen LogP contribution >= 0.6 is 11.6 Å². The Labute approximate surface area is 187 Å². The van der Waals surface area contributed by atoms with E-state index in [1.54, 1.807) is 47.5 Å². The lowest BCUT2D eigenvalue weighted by Crippen LogP contribution is -2.57. The number of aromatic nitrogens is 1. The minimum Gasteiger partial charge on any atom is -0.352 e. The van der Waals surface area contributed by atoms with Gasteiger partial charge in [0.05, 0.1) is 5.56 Å². The molecule has 8 heteroatoms. The summed E-state index contributed by atoms with van der Waals surface area (Å²) in [4.78, 5) is 34.1. The Morgan fingerprint density at radius 2 is 1.87 bits per heavy atom. The molecule has 162 valence electrons. The van der Waals surface area contributed by atoms with E-state index in [0.717, 1.165) is 6.42 Å². The van der Waals surface area contributed by atoms with Crippen molar-refractivity contribution in [1.29, 1.82) is 5.26 Å². The molecular weight excluding hydrogens is 414 g/mol. The summed E-state index contributed by atoms with van der Waals surface area (Å²) in [5, 5.41) is 12.8. The van der Waals surface area contributed by atoms with E-state index in [1.165, 1.54) is 0 Å². The number of pyridine rings is 1. The zero-order valence-electron chi connectivity index (χ0n) is 17.7. The quantitative estimate of drug-likeness (QED) is 0.747. The summed E-state index contributed by atoms with van der Waals surface area (Å²) in [6.07, 6.45) is 2.43. The number of halogens is 1. The zero-order valence-corrected chi connectivity index (χ0v) is 18.5. The number of rotatable bonds is 6. The van der Waals surface area contributed by atoms with E-state index >= 15 is 0 Å². The molecular formula is C23H26ClN5O2. The molecule has 1 fully saturated rings. The van der Waals surface area contributed by atoms with E-state index in [-0.39, 0.29) is 17.7 Å². The Hall–Kier alpha value is -3.11. The molecule has 1 aromatic carbocycles. The summed E-state index contributed by atoms with van der Waals surface area (Å²) in [5.41, 5.74) is 0.990. The highest BCUT2D eigenvalue weighted by molar-refractivity contribution is 6.30. The number of carbonyl (C=O) groups excluding carboxylic acids is 2. The third-order valence-corrected chi connectivity index (χ3v) is 5.92. The molecule has 1 aliphatic rings. The second-order valence-corrected chi connectivity index (χ2v) is 8.08. The van der Waals surface area contributed by atoms with Crippen LogP contribution in [-0.4, -0.2) is 53.9 Å². The van der Waals surface area contributed by atoms with Crippen molar-refractivity contribution in [3.05, 3.63) is 58.7 Å². The molecule has 0 radical (unpaired) electrons. The molecule has 1 saturated heterocycles. The number of hydrogen-bond donors (Lipinski definition) is 1. The smallest absolute Gasteiger partial charge is 0.251 e. The van der Waals surface area contributed by atoms with Gasteiger partial charge in [-0.15, -0.1) is 0 Å². The number of piperazine rings is 1. The fourth-order valence-electron chi connectivity index (χ4n) is 3.58. The molecule has 2 amide bonds. The molecule has 2 heterocycles. The Morgan fingerprint density at radius 3 is 2.48 bits per heavy atom. The number of carbonyl (C=O) groups is 2. The van der Waals surface area contributed by atoms with E-state index in [9.17, 15) is 14.9 Å². The molecule has 2 aromatic rings. The van der Waals surface area contributed by atoms with Gasteiger partial charge < -0.3 is 15.1 Å². The van der Waals surface area contributed by atoms with Crippen LogP contribution in [0.5, 0.6) is 0 Å². The number of amides is 2. The molecule has 0 aliphatic carbocycles. The maximum absolute atomic E-state index is 13.3. The monoisotopic (exact) mass is 439 g/mol. The first-order valence-corrected chi connectivity index (χ1v) is 10.8. The molecule has 2 atom stereocenters. The molecule has 3 rings (SSSR count). The number of benzene rings is 1. The number of hydrogen-bond acceptors (Lipinski definition) is 5. The average Bonchev–Trinajstić information content (AvgIpc) is 2.82. The van der Waals surface area contributed by atoms with Crippen LogP contribution in [0.25, 0.3) is 0 Å². The third kappa shape index (κ3) is 5.33. The van der Waals surface area contributed by atoms with Gasteiger partial charge in [-0.05, 0) is 42.3 Å². The number of anilines is 1. The maximum atomic E-state index is 13.3. The lowest BCUT2D eigenvalue weighted by molar-refractivity contribution is -0.134. The highest BCUT2D eigenvalue weighted by Gasteiger charge is 2.32. The molecule has 7 nitrogen and oxygen atoms in total. The van der Waals surface area contributed by atoms with Crippen molar-refractivity contribution in [2.75, 3.05) is 31.1 Å². The normalized spacial score (nSPS) is 15.7. The second-order valence-electron chi connectivity index (χ2n) is 7.64. The minimum atomic E-state index is -0.607. The van der Waals surface area contributed by atoms with E-state index in [4.69, 9.17) is 11.6 Å². The van der Waals surface area contributed by atoms with Crippen molar-refractivity contribution in [2.45, 2.75) is 26.3 Å². The van der Waals surface area contributed by atoms with E-state index in [0.29, 0.717) is 48.1 Å². The van der Waals surface area contributed by atoms with Gasteiger partial charge in [0.15, 0.2) is 0 Å². The Balaban J connectivity index is 1.67. The van der Waals surface area contributed by atoms with Crippen LogP contribution in [0.4, 0.5) is 5.82 Å². The van der Waals surface area contributed by atoms with Crippen molar-refractivity contribution >= 4 is 29.2 Å². The van der Waals surface area contributed by atoms with Gasteiger partial charge in [0.1, 0.15) is 17.9 Å². The highest BCUT2D eigenvalue weighted by atomic mass is 35.5. The van der Waals surface area contributed by atoms with Crippen LogP contribution in [0.1, 0.15) is 36.2 Å². The molecule has 1 aliphatic heterocycles.